The lowest BCUT2D eigenvalue weighted by atomic mass is 9.95. The van der Waals surface area contributed by atoms with Crippen LogP contribution in [0.1, 0.15) is 36.8 Å². The number of aryl methyl sites for hydroxylation is 1. The van der Waals surface area contributed by atoms with Crippen molar-refractivity contribution in [3.05, 3.63) is 41.6 Å². The number of aromatic nitrogens is 1. The van der Waals surface area contributed by atoms with Gasteiger partial charge in [0.1, 0.15) is 5.60 Å². The molecule has 0 saturated carbocycles. The van der Waals surface area contributed by atoms with Crippen LogP contribution in [0.3, 0.4) is 0 Å². The Balaban J connectivity index is 2.41. The van der Waals surface area contributed by atoms with Crippen molar-refractivity contribution in [3.63, 3.8) is 0 Å². The molecule has 0 radical (unpaired) electrons. The van der Waals surface area contributed by atoms with Crippen molar-refractivity contribution in [1.29, 1.82) is 0 Å². The summed E-state index contributed by atoms with van der Waals surface area (Å²) in [6, 6.07) is 9.52. The van der Waals surface area contributed by atoms with Gasteiger partial charge in [0, 0.05) is 23.3 Å². The average Bonchev–Trinajstić information content (AvgIpc) is 2.37. The molecule has 1 heterocycles. The number of fused-ring (bicyclic) bond motifs is 1. The van der Waals surface area contributed by atoms with E-state index in [1.54, 1.807) is 13.8 Å². The predicted octanol–water partition coefficient (Wildman–Crippen LogP) is 3.54. The number of hydrogen-bond acceptors (Lipinski definition) is 3. The lowest BCUT2D eigenvalue weighted by Crippen LogP contribution is -2.35. The Morgan fingerprint density at radius 1 is 1.26 bits per heavy atom. The molecule has 0 spiro atoms. The Hall–Kier alpha value is -1.74. The number of pyridine rings is 1. The van der Waals surface area contributed by atoms with Gasteiger partial charge in [0.15, 0.2) is 5.78 Å². The van der Waals surface area contributed by atoms with Gasteiger partial charge in [0.25, 0.3) is 0 Å². The standard InChI is InChI=1S/C16H19NO2/c1-5-19-16(3,4)15(18)13-8-9-14-12(10-13)7-6-11(2)17-14/h6-10H,5H2,1-4H3. The third-order valence-corrected chi connectivity index (χ3v) is 3.14. The highest BCUT2D eigenvalue weighted by Crippen LogP contribution is 2.21. The fourth-order valence-electron chi connectivity index (χ4n) is 2.14. The summed E-state index contributed by atoms with van der Waals surface area (Å²) in [4.78, 5) is 16.9. The fraction of sp³-hybridized carbons (Fsp3) is 0.375. The highest BCUT2D eigenvalue weighted by molar-refractivity contribution is 6.04. The molecule has 1 aromatic carbocycles. The highest BCUT2D eigenvalue weighted by atomic mass is 16.5. The predicted molar refractivity (Wildman–Crippen MR) is 76.5 cm³/mol. The lowest BCUT2D eigenvalue weighted by molar-refractivity contribution is 0.00127. The monoisotopic (exact) mass is 257 g/mol. The van der Waals surface area contributed by atoms with E-state index in [0.717, 1.165) is 16.6 Å². The molecule has 2 rings (SSSR count). The van der Waals surface area contributed by atoms with Crippen molar-refractivity contribution in [1.82, 2.24) is 4.98 Å². The number of ketones is 1. The Morgan fingerprint density at radius 2 is 2.00 bits per heavy atom. The molecule has 0 saturated heterocycles. The second-order valence-corrected chi connectivity index (χ2v) is 5.13. The van der Waals surface area contributed by atoms with Gasteiger partial charge in [-0.05, 0) is 52.0 Å². The van der Waals surface area contributed by atoms with Crippen LogP contribution in [0, 0.1) is 6.92 Å². The molecular weight excluding hydrogens is 238 g/mol. The zero-order valence-corrected chi connectivity index (χ0v) is 11.9. The van der Waals surface area contributed by atoms with E-state index in [1.165, 1.54) is 0 Å². The molecule has 0 amide bonds. The summed E-state index contributed by atoms with van der Waals surface area (Å²) in [5.74, 6) is -0.00294. The Bertz CT molecular complexity index is 617. The summed E-state index contributed by atoms with van der Waals surface area (Å²) in [5.41, 5.74) is 1.75. The molecular formula is C16H19NO2. The Morgan fingerprint density at radius 3 is 2.68 bits per heavy atom. The average molecular weight is 257 g/mol. The first-order valence-corrected chi connectivity index (χ1v) is 6.50. The van der Waals surface area contributed by atoms with Gasteiger partial charge in [-0.2, -0.15) is 0 Å². The zero-order chi connectivity index (χ0) is 14.0. The Labute approximate surface area is 113 Å². The van der Waals surface area contributed by atoms with Gasteiger partial charge >= 0.3 is 0 Å². The van der Waals surface area contributed by atoms with Gasteiger partial charge in [-0.1, -0.05) is 6.07 Å². The van der Waals surface area contributed by atoms with Crippen LogP contribution in [0.5, 0.6) is 0 Å². The van der Waals surface area contributed by atoms with Crippen molar-refractivity contribution in [3.8, 4) is 0 Å². The first-order chi connectivity index (χ1) is 8.94. The smallest absolute Gasteiger partial charge is 0.194 e. The summed E-state index contributed by atoms with van der Waals surface area (Å²) in [5, 5.41) is 0.976. The summed E-state index contributed by atoms with van der Waals surface area (Å²) < 4.78 is 5.51. The Kier molecular flexibility index (Phi) is 3.67. The molecule has 0 aliphatic rings. The van der Waals surface area contributed by atoms with Gasteiger partial charge in [-0.25, -0.2) is 0 Å². The van der Waals surface area contributed by atoms with Crippen LogP contribution in [0.25, 0.3) is 10.9 Å². The summed E-state index contributed by atoms with van der Waals surface area (Å²) in [7, 11) is 0. The second-order valence-electron chi connectivity index (χ2n) is 5.13. The van der Waals surface area contributed by atoms with Gasteiger partial charge in [-0.15, -0.1) is 0 Å². The van der Waals surface area contributed by atoms with E-state index in [0.29, 0.717) is 12.2 Å². The molecule has 0 bridgehead atoms. The number of carbonyl (C=O) groups excluding carboxylic acids is 1. The molecule has 0 aliphatic heterocycles. The maximum absolute atomic E-state index is 12.4. The normalized spacial score (nSPS) is 11.8. The number of rotatable bonds is 4. The van der Waals surface area contributed by atoms with E-state index in [1.807, 2.05) is 44.2 Å². The molecule has 0 N–H and O–H groups in total. The van der Waals surface area contributed by atoms with Crippen molar-refractivity contribution < 1.29 is 9.53 Å². The second kappa shape index (κ2) is 5.10. The number of carbonyl (C=O) groups is 1. The topological polar surface area (TPSA) is 39.2 Å². The molecule has 100 valence electrons. The molecule has 19 heavy (non-hydrogen) atoms. The third kappa shape index (κ3) is 2.82. The molecule has 0 atom stereocenters. The molecule has 1 aromatic heterocycles. The molecule has 2 aromatic rings. The minimum absolute atomic E-state index is 0.00294. The third-order valence-electron chi connectivity index (χ3n) is 3.14. The lowest BCUT2D eigenvalue weighted by Gasteiger charge is -2.23. The van der Waals surface area contributed by atoms with Crippen LogP contribution < -0.4 is 0 Å². The van der Waals surface area contributed by atoms with Crippen molar-refractivity contribution >= 4 is 16.7 Å². The van der Waals surface area contributed by atoms with Crippen molar-refractivity contribution in [2.24, 2.45) is 0 Å². The van der Waals surface area contributed by atoms with Crippen LogP contribution in [0.4, 0.5) is 0 Å². The fourth-order valence-corrected chi connectivity index (χ4v) is 2.14. The molecule has 3 nitrogen and oxygen atoms in total. The quantitative estimate of drug-likeness (QED) is 0.786. The van der Waals surface area contributed by atoms with Gasteiger partial charge < -0.3 is 4.74 Å². The number of hydrogen-bond donors (Lipinski definition) is 0. The van der Waals surface area contributed by atoms with Crippen LogP contribution >= 0.6 is 0 Å². The zero-order valence-electron chi connectivity index (χ0n) is 11.9. The number of nitrogens with zero attached hydrogens (tertiary/aromatic N) is 1. The molecule has 0 fully saturated rings. The number of Topliss-reactive ketones (excluding diaryl/α,β-unsaturated/α-hetero) is 1. The van der Waals surface area contributed by atoms with Crippen LogP contribution in [0.2, 0.25) is 0 Å². The van der Waals surface area contributed by atoms with Gasteiger partial charge in [0.05, 0.1) is 5.52 Å². The largest absolute Gasteiger partial charge is 0.368 e. The van der Waals surface area contributed by atoms with Crippen LogP contribution in [0.15, 0.2) is 30.3 Å². The maximum Gasteiger partial charge on any atom is 0.194 e. The van der Waals surface area contributed by atoms with Gasteiger partial charge in [-0.3, -0.25) is 9.78 Å². The van der Waals surface area contributed by atoms with E-state index in [2.05, 4.69) is 4.98 Å². The van der Waals surface area contributed by atoms with Crippen LogP contribution in [-0.4, -0.2) is 23.0 Å². The summed E-state index contributed by atoms with van der Waals surface area (Å²) >= 11 is 0. The SMILES string of the molecule is CCOC(C)(C)C(=O)c1ccc2nc(C)ccc2c1. The van der Waals surface area contributed by atoms with Crippen LogP contribution in [-0.2, 0) is 4.74 Å². The van der Waals surface area contributed by atoms with Crippen molar-refractivity contribution in [2.75, 3.05) is 6.61 Å². The minimum Gasteiger partial charge on any atom is -0.368 e. The molecule has 0 unspecified atom stereocenters. The summed E-state index contributed by atoms with van der Waals surface area (Å²) in [6.45, 7) is 7.97. The maximum atomic E-state index is 12.4. The van der Waals surface area contributed by atoms with E-state index in [9.17, 15) is 4.79 Å². The first-order valence-electron chi connectivity index (χ1n) is 6.50. The first kappa shape index (κ1) is 13.7. The number of benzene rings is 1. The van der Waals surface area contributed by atoms with Gasteiger partial charge in [0.2, 0.25) is 0 Å². The van der Waals surface area contributed by atoms with E-state index in [-0.39, 0.29) is 5.78 Å². The van der Waals surface area contributed by atoms with E-state index < -0.39 is 5.60 Å². The van der Waals surface area contributed by atoms with E-state index in [4.69, 9.17) is 4.74 Å². The highest BCUT2D eigenvalue weighted by Gasteiger charge is 2.29. The van der Waals surface area contributed by atoms with Crippen molar-refractivity contribution in [2.45, 2.75) is 33.3 Å². The number of ether oxygens (including phenoxy) is 1. The van der Waals surface area contributed by atoms with E-state index >= 15 is 0 Å². The minimum atomic E-state index is -0.791. The summed E-state index contributed by atoms with van der Waals surface area (Å²) in [6.07, 6.45) is 0. The molecule has 3 heteroatoms. The molecule has 0 aliphatic carbocycles.